The first-order valence-electron chi connectivity index (χ1n) is 9.63. The summed E-state index contributed by atoms with van der Waals surface area (Å²) in [5.74, 6) is 0.800. The van der Waals surface area contributed by atoms with E-state index in [1.54, 1.807) is 7.05 Å². The molecule has 0 amide bonds. The maximum absolute atomic E-state index is 12.6. The van der Waals surface area contributed by atoms with E-state index in [1.807, 2.05) is 22.8 Å². The third-order valence-electron chi connectivity index (χ3n) is 5.34. The van der Waals surface area contributed by atoms with E-state index >= 15 is 0 Å². The topological polar surface area (TPSA) is 75.9 Å². The van der Waals surface area contributed by atoms with E-state index in [2.05, 4.69) is 22.0 Å². The Hall–Kier alpha value is -2.83. The molecule has 4 rings (SSSR count). The molecule has 0 atom stereocenters. The van der Waals surface area contributed by atoms with Crippen molar-refractivity contribution in [1.82, 2.24) is 19.1 Å². The first-order valence-corrected chi connectivity index (χ1v) is 9.63. The number of imidazole rings is 1. The van der Waals surface area contributed by atoms with Crippen LogP contribution in [0.2, 0.25) is 0 Å². The van der Waals surface area contributed by atoms with Crippen molar-refractivity contribution < 1.29 is 0 Å². The monoisotopic (exact) mass is 367 g/mol. The fraction of sp³-hybridized carbons (Fsp3) is 0.450. The van der Waals surface area contributed by atoms with Crippen molar-refractivity contribution in [3.63, 3.8) is 0 Å². The molecule has 0 spiro atoms. The van der Waals surface area contributed by atoms with Crippen LogP contribution in [0.4, 0.5) is 5.95 Å². The number of aromatic amines is 1. The maximum atomic E-state index is 12.6. The zero-order chi connectivity index (χ0) is 18.8. The maximum Gasteiger partial charge on any atom is 0.329 e. The van der Waals surface area contributed by atoms with Crippen LogP contribution in [0.3, 0.4) is 0 Å². The largest absolute Gasteiger partial charge is 0.342 e. The van der Waals surface area contributed by atoms with E-state index in [0.29, 0.717) is 17.7 Å². The smallest absolute Gasteiger partial charge is 0.329 e. The van der Waals surface area contributed by atoms with Crippen molar-refractivity contribution in [1.29, 1.82) is 0 Å². The highest BCUT2D eigenvalue weighted by Crippen LogP contribution is 2.23. The van der Waals surface area contributed by atoms with Crippen LogP contribution < -0.4 is 16.1 Å². The third kappa shape index (κ3) is 3.41. The fourth-order valence-electron chi connectivity index (χ4n) is 3.83. The second kappa shape index (κ2) is 7.42. The van der Waals surface area contributed by atoms with Crippen molar-refractivity contribution in [2.24, 2.45) is 7.05 Å². The van der Waals surface area contributed by atoms with Gasteiger partial charge < -0.3 is 9.47 Å². The second-order valence-electron chi connectivity index (χ2n) is 7.19. The lowest BCUT2D eigenvalue weighted by Gasteiger charge is -2.22. The number of benzene rings is 1. The molecule has 1 fully saturated rings. The molecule has 7 nitrogen and oxygen atoms in total. The lowest BCUT2D eigenvalue weighted by Crippen LogP contribution is -2.30. The molecule has 1 aliphatic rings. The summed E-state index contributed by atoms with van der Waals surface area (Å²) < 4.78 is 3.42. The number of aromatic nitrogens is 4. The second-order valence-corrected chi connectivity index (χ2v) is 7.19. The van der Waals surface area contributed by atoms with Gasteiger partial charge in [0.25, 0.3) is 5.56 Å². The summed E-state index contributed by atoms with van der Waals surface area (Å²) in [6, 6.07) is 10.2. The van der Waals surface area contributed by atoms with Gasteiger partial charge in [-0.3, -0.25) is 14.3 Å². The molecular weight excluding hydrogens is 342 g/mol. The van der Waals surface area contributed by atoms with Crippen LogP contribution >= 0.6 is 0 Å². The molecule has 0 aliphatic carbocycles. The normalized spacial score (nSPS) is 15.2. The summed E-state index contributed by atoms with van der Waals surface area (Å²) in [6.45, 7) is 2.51. The molecule has 1 aromatic carbocycles. The lowest BCUT2D eigenvalue weighted by molar-refractivity contribution is 0.669. The zero-order valence-corrected chi connectivity index (χ0v) is 15.6. The Kier molecular flexibility index (Phi) is 4.83. The Balaban J connectivity index is 1.82. The number of H-pyrrole nitrogens is 1. The van der Waals surface area contributed by atoms with Gasteiger partial charge in [-0.05, 0) is 24.8 Å². The van der Waals surface area contributed by atoms with E-state index in [0.717, 1.165) is 38.3 Å². The molecule has 0 bridgehead atoms. The highest BCUT2D eigenvalue weighted by molar-refractivity contribution is 5.74. The van der Waals surface area contributed by atoms with Gasteiger partial charge >= 0.3 is 5.69 Å². The van der Waals surface area contributed by atoms with E-state index in [4.69, 9.17) is 4.98 Å². The van der Waals surface area contributed by atoms with E-state index in [1.165, 1.54) is 23.0 Å². The van der Waals surface area contributed by atoms with Crippen molar-refractivity contribution in [2.75, 3.05) is 18.0 Å². The molecule has 0 unspecified atom stereocenters. The molecule has 0 radical (unpaired) electrons. The number of hydrogen-bond acceptors (Lipinski definition) is 4. The fourth-order valence-corrected chi connectivity index (χ4v) is 3.83. The van der Waals surface area contributed by atoms with Gasteiger partial charge in [0.05, 0.1) is 0 Å². The number of rotatable bonds is 4. The molecule has 2 aromatic heterocycles. The number of hydrogen-bond donors (Lipinski definition) is 1. The van der Waals surface area contributed by atoms with Crippen LogP contribution in [0.25, 0.3) is 11.2 Å². The zero-order valence-electron chi connectivity index (χ0n) is 15.6. The minimum Gasteiger partial charge on any atom is -0.342 e. The molecule has 3 aromatic rings. The summed E-state index contributed by atoms with van der Waals surface area (Å²) in [5, 5.41) is 0. The van der Waals surface area contributed by atoms with Gasteiger partial charge in [0, 0.05) is 26.7 Å². The van der Waals surface area contributed by atoms with Gasteiger partial charge in [-0.15, -0.1) is 0 Å². The summed E-state index contributed by atoms with van der Waals surface area (Å²) in [4.78, 5) is 34.1. The summed E-state index contributed by atoms with van der Waals surface area (Å²) in [6.07, 6.45) is 5.49. The lowest BCUT2D eigenvalue weighted by atomic mass is 10.1. The highest BCUT2D eigenvalue weighted by atomic mass is 16.2. The molecule has 27 heavy (non-hydrogen) atoms. The van der Waals surface area contributed by atoms with Gasteiger partial charge in [0.15, 0.2) is 11.2 Å². The van der Waals surface area contributed by atoms with Gasteiger partial charge in [-0.2, -0.15) is 4.98 Å². The highest BCUT2D eigenvalue weighted by Gasteiger charge is 2.22. The van der Waals surface area contributed by atoms with Crippen LogP contribution in [-0.4, -0.2) is 32.2 Å². The molecule has 0 saturated carbocycles. The van der Waals surface area contributed by atoms with Crippen molar-refractivity contribution in [3.05, 3.63) is 56.7 Å². The van der Waals surface area contributed by atoms with Crippen molar-refractivity contribution in [2.45, 2.75) is 38.6 Å². The predicted octanol–water partition coefficient (Wildman–Crippen LogP) is 2.05. The number of fused-ring (bicyclic) bond motifs is 1. The van der Waals surface area contributed by atoms with E-state index in [9.17, 15) is 9.59 Å². The molecule has 1 N–H and O–H groups in total. The Morgan fingerprint density at radius 3 is 2.44 bits per heavy atom. The molecule has 7 heteroatoms. The summed E-state index contributed by atoms with van der Waals surface area (Å²) in [7, 11) is 1.65. The summed E-state index contributed by atoms with van der Waals surface area (Å²) >= 11 is 0. The molecule has 1 saturated heterocycles. The number of aryl methyl sites for hydroxylation is 3. The Morgan fingerprint density at radius 1 is 1.04 bits per heavy atom. The predicted molar refractivity (Wildman–Crippen MR) is 106 cm³/mol. The Morgan fingerprint density at radius 2 is 1.74 bits per heavy atom. The Labute approximate surface area is 157 Å². The number of anilines is 1. The van der Waals surface area contributed by atoms with Gasteiger partial charge in [-0.1, -0.05) is 43.2 Å². The number of nitrogens with zero attached hydrogens (tertiary/aromatic N) is 4. The minimum absolute atomic E-state index is 0.366. The van der Waals surface area contributed by atoms with Crippen molar-refractivity contribution in [3.8, 4) is 0 Å². The van der Waals surface area contributed by atoms with Crippen LogP contribution in [0.1, 0.15) is 31.2 Å². The van der Waals surface area contributed by atoms with Crippen LogP contribution in [0.5, 0.6) is 0 Å². The third-order valence-corrected chi connectivity index (χ3v) is 5.34. The van der Waals surface area contributed by atoms with Crippen LogP contribution in [0, 0.1) is 0 Å². The average Bonchev–Trinajstić information content (AvgIpc) is 2.86. The summed E-state index contributed by atoms with van der Waals surface area (Å²) in [5.41, 5.74) is 1.35. The molecular formula is C20H25N5O2. The van der Waals surface area contributed by atoms with Gasteiger partial charge in [0.2, 0.25) is 5.95 Å². The van der Waals surface area contributed by atoms with Crippen molar-refractivity contribution >= 4 is 17.1 Å². The van der Waals surface area contributed by atoms with Gasteiger partial charge in [-0.25, -0.2) is 4.79 Å². The SMILES string of the molecule is Cn1c(=O)[nH]c(=O)c2c1nc(N1CCCCCC1)n2CCc1ccccc1. The standard InChI is InChI=1S/C20H25N5O2/c1-23-17-16(18(26)22-20(23)27)25(14-11-15-9-5-4-6-10-15)19(21-17)24-12-7-2-3-8-13-24/h4-6,9-10H,2-3,7-8,11-14H2,1H3,(H,22,26,27). The average molecular weight is 367 g/mol. The first kappa shape index (κ1) is 17.6. The van der Waals surface area contributed by atoms with Crippen LogP contribution in [0.15, 0.2) is 39.9 Å². The van der Waals surface area contributed by atoms with E-state index in [-0.39, 0.29) is 5.56 Å². The number of nitrogens with one attached hydrogen (secondary N) is 1. The van der Waals surface area contributed by atoms with Crippen LogP contribution in [-0.2, 0) is 20.0 Å². The molecule has 1 aliphatic heterocycles. The van der Waals surface area contributed by atoms with Gasteiger partial charge in [0.1, 0.15) is 0 Å². The quantitative estimate of drug-likeness (QED) is 0.766. The Bertz CT molecular complexity index is 1040. The minimum atomic E-state index is -0.428. The van der Waals surface area contributed by atoms with E-state index < -0.39 is 5.69 Å². The molecule has 3 heterocycles. The molecule has 142 valence electrons. The first-order chi connectivity index (χ1) is 13.1.